The van der Waals surface area contributed by atoms with Gasteiger partial charge in [0, 0.05) is 17.0 Å². The number of carboxylic acid groups (broad SMARTS) is 1. The number of pyridine rings is 1. The third-order valence-corrected chi connectivity index (χ3v) is 7.86. The Balaban J connectivity index is 1.48. The van der Waals surface area contributed by atoms with Crippen LogP contribution in [0.3, 0.4) is 0 Å². The average molecular weight is 436 g/mol. The number of fused-ring (bicyclic) bond motifs is 1. The molecule has 168 valence electrons. The number of para-hydroxylation sites is 1. The molecule has 4 saturated carbocycles. The number of carbonyl (C=O) groups excluding carboxylic acids is 2. The van der Waals surface area contributed by atoms with E-state index in [1.54, 1.807) is 12.3 Å². The number of rotatable bonds is 6. The summed E-state index contributed by atoms with van der Waals surface area (Å²) in [5.74, 6) is -0.0311. The van der Waals surface area contributed by atoms with Crippen LogP contribution in [-0.2, 0) is 9.59 Å². The van der Waals surface area contributed by atoms with E-state index in [-0.39, 0.29) is 11.3 Å². The predicted octanol–water partition coefficient (Wildman–Crippen LogP) is 3.14. The maximum Gasteiger partial charge on any atom is 0.325 e. The second kappa shape index (κ2) is 7.87. The molecule has 4 bridgehead atoms. The molecule has 4 aliphatic rings. The Morgan fingerprint density at radius 2 is 1.62 bits per heavy atom. The van der Waals surface area contributed by atoms with Crippen molar-refractivity contribution in [2.45, 2.75) is 57.5 Å². The minimum Gasteiger partial charge on any atom is -0.480 e. The highest BCUT2D eigenvalue weighted by Gasteiger charge is 2.56. The second-order valence-electron chi connectivity index (χ2n) is 10.1. The number of aromatic nitrogens is 1. The number of nitrogens with one attached hydrogen (secondary N) is 2. The van der Waals surface area contributed by atoms with Crippen molar-refractivity contribution in [3.05, 3.63) is 42.1 Å². The minimum atomic E-state index is -1.09. The Hall–Kier alpha value is -2.96. The summed E-state index contributed by atoms with van der Waals surface area (Å²) in [5, 5.41) is 15.7. The molecule has 4 fully saturated rings. The van der Waals surface area contributed by atoms with Gasteiger partial charge < -0.3 is 15.7 Å². The first kappa shape index (κ1) is 20.9. The van der Waals surface area contributed by atoms with E-state index in [0.717, 1.165) is 30.2 Å². The SMILES string of the molecule is C[C@H](NC(=O)[C@@H](NC(=O)c1ccnc2ccccc12)C12CC3CC(CC(C3)C1)C2)C(=O)O. The highest BCUT2D eigenvalue weighted by Crippen LogP contribution is 2.61. The summed E-state index contributed by atoms with van der Waals surface area (Å²) in [4.78, 5) is 42.6. The molecule has 3 N–H and O–H groups in total. The molecule has 1 heterocycles. The zero-order valence-electron chi connectivity index (χ0n) is 18.2. The summed E-state index contributed by atoms with van der Waals surface area (Å²) in [5.41, 5.74) is 0.884. The summed E-state index contributed by atoms with van der Waals surface area (Å²) < 4.78 is 0. The zero-order chi connectivity index (χ0) is 22.5. The fourth-order valence-corrected chi connectivity index (χ4v) is 6.89. The molecule has 0 unspecified atom stereocenters. The number of hydrogen-bond donors (Lipinski definition) is 3. The highest BCUT2D eigenvalue weighted by atomic mass is 16.4. The van der Waals surface area contributed by atoms with Crippen LogP contribution in [0.4, 0.5) is 0 Å². The van der Waals surface area contributed by atoms with Gasteiger partial charge in [0.2, 0.25) is 5.91 Å². The van der Waals surface area contributed by atoms with Crippen LogP contribution in [0.25, 0.3) is 10.9 Å². The van der Waals surface area contributed by atoms with Crippen LogP contribution in [0.1, 0.15) is 55.8 Å². The van der Waals surface area contributed by atoms with Gasteiger partial charge >= 0.3 is 5.97 Å². The van der Waals surface area contributed by atoms with Gasteiger partial charge in [0.25, 0.3) is 5.91 Å². The fraction of sp³-hybridized carbons (Fsp3) is 0.520. The number of benzene rings is 1. The average Bonchev–Trinajstić information content (AvgIpc) is 2.75. The fourth-order valence-electron chi connectivity index (χ4n) is 6.89. The number of nitrogens with zero attached hydrogens (tertiary/aromatic N) is 1. The molecule has 1 aromatic heterocycles. The molecule has 7 nitrogen and oxygen atoms in total. The van der Waals surface area contributed by atoms with Gasteiger partial charge in [-0.15, -0.1) is 0 Å². The third-order valence-electron chi connectivity index (χ3n) is 7.86. The number of aliphatic carboxylic acids is 1. The zero-order valence-corrected chi connectivity index (χ0v) is 18.2. The molecule has 0 aliphatic heterocycles. The number of amides is 2. The lowest BCUT2D eigenvalue weighted by Crippen LogP contribution is -2.63. The lowest BCUT2D eigenvalue weighted by atomic mass is 9.47. The van der Waals surface area contributed by atoms with Crippen LogP contribution < -0.4 is 10.6 Å². The van der Waals surface area contributed by atoms with Gasteiger partial charge in [0.1, 0.15) is 12.1 Å². The van der Waals surface area contributed by atoms with Crippen molar-refractivity contribution in [1.29, 1.82) is 0 Å². The quantitative estimate of drug-likeness (QED) is 0.646. The largest absolute Gasteiger partial charge is 0.480 e. The summed E-state index contributed by atoms with van der Waals surface area (Å²) in [6.45, 7) is 1.45. The Morgan fingerprint density at radius 1 is 1.00 bits per heavy atom. The van der Waals surface area contributed by atoms with E-state index < -0.39 is 24.0 Å². The van der Waals surface area contributed by atoms with Crippen molar-refractivity contribution >= 4 is 28.7 Å². The summed E-state index contributed by atoms with van der Waals surface area (Å²) in [7, 11) is 0. The molecule has 0 spiro atoms. The minimum absolute atomic E-state index is 0.310. The number of carbonyl (C=O) groups is 3. The van der Waals surface area contributed by atoms with Crippen LogP contribution >= 0.6 is 0 Å². The van der Waals surface area contributed by atoms with Crippen molar-refractivity contribution in [3.63, 3.8) is 0 Å². The monoisotopic (exact) mass is 435 g/mol. The molecular weight excluding hydrogens is 406 g/mol. The van der Waals surface area contributed by atoms with E-state index in [1.807, 2.05) is 24.3 Å². The third kappa shape index (κ3) is 3.63. The molecular formula is C25H29N3O4. The Bertz CT molecular complexity index is 1040. The van der Waals surface area contributed by atoms with Crippen LogP contribution in [0, 0.1) is 23.2 Å². The number of carboxylic acids is 1. The normalized spacial score (nSPS) is 30.0. The van der Waals surface area contributed by atoms with E-state index in [0.29, 0.717) is 23.3 Å². The van der Waals surface area contributed by atoms with Crippen LogP contribution in [0.15, 0.2) is 36.5 Å². The summed E-state index contributed by atoms with van der Waals surface area (Å²) in [6.07, 6.45) is 7.97. The predicted molar refractivity (Wildman–Crippen MR) is 119 cm³/mol. The molecule has 1 aromatic carbocycles. The molecule has 32 heavy (non-hydrogen) atoms. The van der Waals surface area contributed by atoms with E-state index in [2.05, 4.69) is 15.6 Å². The van der Waals surface area contributed by atoms with Crippen molar-refractivity contribution in [2.24, 2.45) is 23.2 Å². The lowest BCUT2D eigenvalue weighted by Gasteiger charge is -2.59. The Labute approximate surface area is 187 Å². The molecule has 6 rings (SSSR count). The molecule has 2 atom stereocenters. The first-order valence-corrected chi connectivity index (χ1v) is 11.5. The number of hydrogen-bond acceptors (Lipinski definition) is 4. The van der Waals surface area contributed by atoms with Gasteiger partial charge in [-0.25, -0.2) is 0 Å². The highest BCUT2D eigenvalue weighted by molar-refractivity contribution is 6.07. The van der Waals surface area contributed by atoms with Crippen LogP contribution in [0.2, 0.25) is 0 Å². The first-order chi connectivity index (χ1) is 15.3. The van der Waals surface area contributed by atoms with Crippen molar-refractivity contribution in [2.75, 3.05) is 0 Å². The maximum absolute atomic E-state index is 13.5. The van der Waals surface area contributed by atoms with E-state index in [1.165, 1.54) is 26.2 Å². The topological polar surface area (TPSA) is 108 Å². The molecule has 2 amide bonds. The van der Waals surface area contributed by atoms with Gasteiger partial charge in [-0.1, -0.05) is 18.2 Å². The van der Waals surface area contributed by atoms with E-state index >= 15 is 0 Å². The molecule has 0 radical (unpaired) electrons. The van der Waals surface area contributed by atoms with Gasteiger partial charge in [0.15, 0.2) is 0 Å². The van der Waals surface area contributed by atoms with Crippen LogP contribution in [-0.4, -0.2) is 40.0 Å². The summed E-state index contributed by atoms with van der Waals surface area (Å²) in [6, 6.07) is 7.34. The van der Waals surface area contributed by atoms with Crippen molar-refractivity contribution in [3.8, 4) is 0 Å². The Morgan fingerprint density at radius 3 is 2.25 bits per heavy atom. The first-order valence-electron chi connectivity index (χ1n) is 11.5. The second-order valence-corrected chi connectivity index (χ2v) is 10.1. The maximum atomic E-state index is 13.5. The van der Waals surface area contributed by atoms with Gasteiger partial charge in [-0.3, -0.25) is 19.4 Å². The summed E-state index contributed by atoms with van der Waals surface area (Å²) >= 11 is 0. The van der Waals surface area contributed by atoms with E-state index in [9.17, 15) is 19.5 Å². The van der Waals surface area contributed by atoms with Gasteiger partial charge in [-0.05, 0) is 75.3 Å². The molecule has 4 aliphatic carbocycles. The van der Waals surface area contributed by atoms with Crippen molar-refractivity contribution < 1.29 is 19.5 Å². The van der Waals surface area contributed by atoms with Gasteiger partial charge in [-0.2, -0.15) is 0 Å². The standard InChI is InChI=1S/C25H29N3O4/c1-14(24(31)32)27-23(30)21(25-11-15-8-16(12-25)10-17(9-15)13-25)28-22(29)19-6-7-26-20-5-3-2-4-18(19)20/h2-7,14-17,21H,8-13H2,1H3,(H,27,30)(H,28,29)(H,31,32)/t14-,15?,16?,17?,21+,25?/m0/s1. The molecule has 7 heteroatoms. The smallest absolute Gasteiger partial charge is 0.325 e. The van der Waals surface area contributed by atoms with Crippen molar-refractivity contribution in [1.82, 2.24) is 15.6 Å². The van der Waals surface area contributed by atoms with E-state index in [4.69, 9.17) is 0 Å². The molecule has 2 aromatic rings. The van der Waals surface area contributed by atoms with Crippen LogP contribution in [0.5, 0.6) is 0 Å². The lowest BCUT2D eigenvalue weighted by molar-refractivity contribution is -0.144. The Kier molecular flexibility index (Phi) is 5.14. The van der Waals surface area contributed by atoms with Gasteiger partial charge in [0.05, 0.1) is 11.1 Å². The molecule has 0 saturated heterocycles.